The Labute approximate surface area is 208 Å². The third kappa shape index (κ3) is 5.77. The normalized spacial score (nSPS) is 11.2. The second kappa shape index (κ2) is 11.1. The first kappa shape index (κ1) is 25.1. The van der Waals surface area contributed by atoms with E-state index in [1.807, 2.05) is 55.1 Å². The van der Waals surface area contributed by atoms with Gasteiger partial charge in [-0.25, -0.2) is 4.68 Å². The summed E-state index contributed by atoms with van der Waals surface area (Å²) < 4.78 is 12.0. The third-order valence-corrected chi connectivity index (χ3v) is 5.93. The van der Waals surface area contributed by atoms with Crippen LogP contribution in [-0.2, 0) is 35.7 Å². The van der Waals surface area contributed by atoms with E-state index in [0.29, 0.717) is 31.0 Å². The molecule has 0 fully saturated rings. The molecule has 0 aliphatic rings. The van der Waals surface area contributed by atoms with Crippen molar-refractivity contribution in [1.29, 1.82) is 0 Å². The molecule has 0 saturated heterocycles. The number of aromatic nitrogens is 5. The van der Waals surface area contributed by atoms with Gasteiger partial charge in [-0.1, -0.05) is 24.3 Å². The lowest BCUT2D eigenvalue weighted by atomic mass is 10.0. The van der Waals surface area contributed by atoms with Crippen LogP contribution < -0.4 is 10.3 Å². The highest BCUT2D eigenvalue weighted by Gasteiger charge is 2.19. The summed E-state index contributed by atoms with van der Waals surface area (Å²) in [6.07, 6.45) is 0. The standard InChI is InChI=1S/C26H30N6O4/c1-5-36-25(33)16-32-24(28-29-30-32)15-31(13-19-8-6-7-9-23(19)35-4)14-20-12-21-18(3)10-17(2)11-22(21)27-26(20)34/h6-12H,5,13-16H2,1-4H3,(H,27,34). The molecular weight excluding hydrogens is 460 g/mol. The summed E-state index contributed by atoms with van der Waals surface area (Å²) in [6, 6.07) is 13.7. The van der Waals surface area contributed by atoms with Crippen LogP contribution in [0.15, 0.2) is 47.3 Å². The maximum Gasteiger partial charge on any atom is 0.327 e. The van der Waals surface area contributed by atoms with E-state index < -0.39 is 5.97 Å². The molecule has 188 valence electrons. The Bertz CT molecular complexity index is 1430. The Morgan fingerprint density at radius 3 is 2.64 bits per heavy atom. The third-order valence-electron chi connectivity index (χ3n) is 5.93. The van der Waals surface area contributed by atoms with Crippen LogP contribution in [0.2, 0.25) is 0 Å². The van der Waals surface area contributed by atoms with Crippen LogP contribution in [0, 0.1) is 13.8 Å². The van der Waals surface area contributed by atoms with Crippen molar-refractivity contribution in [3.05, 3.63) is 80.9 Å². The molecule has 1 N–H and O–H groups in total. The zero-order valence-corrected chi connectivity index (χ0v) is 20.9. The van der Waals surface area contributed by atoms with Gasteiger partial charge in [0.1, 0.15) is 12.3 Å². The van der Waals surface area contributed by atoms with Crippen LogP contribution in [0.5, 0.6) is 5.75 Å². The number of tetrazole rings is 1. The Balaban J connectivity index is 1.68. The van der Waals surface area contributed by atoms with Crippen LogP contribution in [0.1, 0.15) is 35.0 Å². The number of carbonyl (C=O) groups excluding carboxylic acids is 1. The fraction of sp³-hybridized carbons (Fsp3) is 0.346. The van der Waals surface area contributed by atoms with E-state index in [4.69, 9.17) is 9.47 Å². The SMILES string of the molecule is CCOC(=O)Cn1nnnc1CN(Cc1ccccc1OC)Cc1cc2c(C)cc(C)cc2[nH]c1=O. The lowest BCUT2D eigenvalue weighted by Gasteiger charge is -2.23. The molecule has 2 aromatic heterocycles. The van der Waals surface area contributed by atoms with Crippen molar-refractivity contribution in [3.63, 3.8) is 0 Å². The largest absolute Gasteiger partial charge is 0.496 e. The maximum absolute atomic E-state index is 13.0. The first-order chi connectivity index (χ1) is 17.4. The number of hydrogen-bond acceptors (Lipinski definition) is 8. The number of aryl methyl sites for hydroxylation is 2. The summed E-state index contributed by atoms with van der Waals surface area (Å²) in [4.78, 5) is 30.1. The molecule has 10 nitrogen and oxygen atoms in total. The van der Waals surface area contributed by atoms with Crippen LogP contribution in [0.25, 0.3) is 10.9 Å². The lowest BCUT2D eigenvalue weighted by Crippen LogP contribution is -2.29. The number of rotatable bonds is 10. The van der Waals surface area contributed by atoms with Crippen LogP contribution >= 0.6 is 0 Å². The van der Waals surface area contributed by atoms with Crippen molar-refractivity contribution in [3.8, 4) is 5.75 Å². The molecule has 0 aliphatic heterocycles. The average molecular weight is 491 g/mol. The molecule has 0 amide bonds. The summed E-state index contributed by atoms with van der Waals surface area (Å²) in [6.45, 7) is 7.09. The Morgan fingerprint density at radius 2 is 1.86 bits per heavy atom. The Morgan fingerprint density at radius 1 is 1.08 bits per heavy atom. The van der Waals surface area contributed by atoms with Gasteiger partial charge < -0.3 is 14.5 Å². The monoisotopic (exact) mass is 490 g/mol. The van der Waals surface area contributed by atoms with E-state index in [-0.39, 0.29) is 18.7 Å². The van der Waals surface area contributed by atoms with E-state index in [0.717, 1.165) is 33.3 Å². The number of esters is 1. The second-order valence-electron chi connectivity index (χ2n) is 8.68. The van der Waals surface area contributed by atoms with Crippen LogP contribution in [-0.4, -0.2) is 49.8 Å². The molecule has 0 bridgehead atoms. The fourth-order valence-electron chi connectivity index (χ4n) is 4.30. The molecule has 2 aromatic carbocycles. The van der Waals surface area contributed by atoms with E-state index >= 15 is 0 Å². The summed E-state index contributed by atoms with van der Waals surface area (Å²) in [7, 11) is 1.63. The smallest absolute Gasteiger partial charge is 0.327 e. The van der Waals surface area contributed by atoms with Gasteiger partial charge in [0.25, 0.3) is 5.56 Å². The van der Waals surface area contributed by atoms with Crippen molar-refractivity contribution < 1.29 is 14.3 Å². The van der Waals surface area contributed by atoms with Gasteiger partial charge in [0.05, 0.1) is 20.3 Å². The predicted octanol–water partition coefficient (Wildman–Crippen LogP) is 2.91. The summed E-state index contributed by atoms with van der Waals surface area (Å²) in [5, 5.41) is 12.8. The van der Waals surface area contributed by atoms with Gasteiger partial charge in [-0.05, 0) is 60.5 Å². The zero-order valence-electron chi connectivity index (χ0n) is 20.9. The molecule has 2 heterocycles. The minimum atomic E-state index is -0.418. The van der Waals surface area contributed by atoms with Crippen molar-refractivity contribution in [1.82, 2.24) is 30.1 Å². The number of pyridine rings is 1. The number of H-pyrrole nitrogens is 1. The van der Waals surface area contributed by atoms with Gasteiger partial charge in [-0.15, -0.1) is 5.10 Å². The minimum absolute atomic E-state index is 0.0895. The van der Waals surface area contributed by atoms with Gasteiger partial charge in [-0.2, -0.15) is 0 Å². The molecule has 4 rings (SSSR count). The predicted molar refractivity (Wildman–Crippen MR) is 134 cm³/mol. The van der Waals surface area contributed by atoms with Gasteiger partial charge >= 0.3 is 5.97 Å². The molecular formula is C26H30N6O4. The average Bonchev–Trinajstić information content (AvgIpc) is 3.26. The van der Waals surface area contributed by atoms with E-state index in [9.17, 15) is 9.59 Å². The van der Waals surface area contributed by atoms with Crippen molar-refractivity contribution >= 4 is 16.9 Å². The number of aromatic amines is 1. The number of methoxy groups -OCH3 is 1. The number of para-hydroxylation sites is 1. The Kier molecular flexibility index (Phi) is 7.74. The molecule has 10 heteroatoms. The first-order valence-corrected chi connectivity index (χ1v) is 11.8. The number of ether oxygens (including phenoxy) is 2. The second-order valence-corrected chi connectivity index (χ2v) is 8.68. The summed E-state index contributed by atoms with van der Waals surface area (Å²) in [5.74, 6) is 0.813. The molecule has 0 aliphatic carbocycles. The van der Waals surface area contributed by atoms with Crippen molar-refractivity contribution in [2.75, 3.05) is 13.7 Å². The molecule has 0 unspecified atom stereocenters. The number of benzene rings is 2. The zero-order chi connectivity index (χ0) is 25.7. The minimum Gasteiger partial charge on any atom is -0.496 e. The van der Waals surface area contributed by atoms with Gasteiger partial charge in [0.15, 0.2) is 5.82 Å². The molecule has 36 heavy (non-hydrogen) atoms. The fourth-order valence-corrected chi connectivity index (χ4v) is 4.30. The number of fused-ring (bicyclic) bond motifs is 1. The highest BCUT2D eigenvalue weighted by molar-refractivity contribution is 5.83. The highest BCUT2D eigenvalue weighted by Crippen LogP contribution is 2.23. The lowest BCUT2D eigenvalue weighted by molar-refractivity contribution is -0.144. The topological polar surface area (TPSA) is 115 Å². The Hall–Kier alpha value is -4.05. The number of nitrogens with one attached hydrogen (secondary N) is 1. The highest BCUT2D eigenvalue weighted by atomic mass is 16.5. The number of hydrogen-bond donors (Lipinski definition) is 1. The van der Waals surface area contributed by atoms with Crippen LogP contribution in [0.4, 0.5) is 0 Å². The van der Waals surface area contributed by atoms with E-state index in [1.165, 1.54) is 4.68 Å². The molecule has 0 atom stereocenters. The van der Waals surface area contributed by atoms with Crippen molar-refractivity contribution in [2.24, 2.45) is 0 Å². The van der Waals surface area contributed by atoms with E-state index in [1.54, 1.807) is 14.0 Å². The summed E-state index contributed by atoms with van der Waals surface area (Å²) in [5.41, 5.74) is 4.42. The van der Waals surface area contributed by atoms with Gasteiger partial charge in [0, 0.05) is 35.1 Å². The molecule has 0 saturated carbocycles. The number of nitrogens with zero attached hydrogens (tertiary/aromatic N) is 5. The first-order valence-electron chi connectivity index (χ1n) is 11.8. The van der Waals surface area contributed by atoms with E-state index in [2.05, 4.69) is 26.6 Å². The quantitative estimate of drug-likeness (QED) is 0.338. The van der Waals surface area contributed by atoms with Gasteiger partial charge in [0.2, 0.25) is 0 Å². The molecule has 4 aromatic rings. The number of carbonyl (C=O) groups is 1. The van der Waals surface area contributed by atoms with Crippen LogP contribution in [0.3, 0.4) is 0 Å². The van der Waals surface area contributed by atoms with Gasteiger partial charge in [-0.3, -0.25) is 14.5 Å². The molecule has 0 spiro atoms. The molecule has 0 radical (unpaired) electrons. The maximum atomic E-state index is 13.0. The summed E-state index contributed by atoms with van der Waals surface area (Å²) >= 11 is 0. The van der Waals surface area contributed by atoms with Crippen molar-refractivity contribution in [2.45, 2.75) is 47.0 Å².